The fraction of sp³-hybridized carbons (Fsp3) is 0.750. The van der Waals surface area contributed by atoms with Crippen molar-refractivity contribution in [1.82, 2.24) is 0 Å². The van der Waals surface area contributed by atoms with Crippen molar-refractivity contribution in [3.8, 4) is 0 Å². The lowest BCUT2D eigenvalue weighted by Gasteiger charge is -2.11. The van der Waals surface area contributed by atoms with Crippen molar-refractivity contribution in [3.63, 3.8) is 0 Å². The summed E-state index contributed by atoms with van der Waals surface area (Å²) in [5, 5.41) is 0. The fourth-order valence-electron chi connectivity index (χ4n) is 1.62. The molecule has 0 bridgehead atoms. The summed E-state index contributed by atoms with van der Waals surface area (Å²) in [5.41, 5.74) is 0. The molecule has 0 unspecified atom stereocenters. The predicted octanol–water partition coefficient (Wildman–Crippen LogP) is 5.97. The highest BCUT2D eigenvalue weighted by Crippen LogP contribution is 2.15. The predicted molar refractivity (Wildman–Crippen MR) is 76.9 cm³/mol. The third-order valence-corrected chi connectivity index (χ3v) is 2.82. The Morgan fingerprint density at radius 3 is 1.47 bits per heavy atom. The van der Waals surface area contributed by atoms with Gasteiger partial charge in [-0.3, -0.25) is 0 Å². The molecule has 0 aliphatic rings. The van der Waals surface area contributed by atoms with Gasteiger partial charge in [0.2, 0.25) is 0 Å². The maximum absolute atomic E-state index is 5.96. The summed E-state index contributed by atoms with van der Waals surface area (Å²) in [6.07, 6.45) is 13.8. The number of ether oxygens (including phenoxy) is 1. The van der Waals surface area contributed by atoms with Gasteiger partial charge in [-0.2, -0.15) is 0 Å². The van der Waals surface area contributed by atoms with Crippen LogP contribution in [0.1, 0.15) is 79.1 Å². The minimum atomic E-state index is 0.995. The molecule has 1 heteroatoms. The molecule has 0 amide bonds. The second-order valence-electron chi connectivity index (χ2n) is 4.43. The molecule has 0 saturated heterocycles. The van der Waals surface area contributed by atoms with Crippen molar-refractivity contribution in [2.24, 2.45) is 0 Å². The van der Waals surface area contributed by atoms with Gasteiger partial charge in [0, 0.05) is 12.8 Å². The third kappa shape index (κ3) is 9.02. The van der Waals surface area contributed by atoms with Crippen LogP contribution in [0.3, 0.4) is 0 Å². The summed E-state index contributed by atoms with van der Waals surface area (Å²) >= 11 is 0. The lowest BCUT2D eigenvalue weighted by Crippen LogP contribution is -1.92. The zero-order valence-corrected chi connectivity index (χ0v) is 12.2. The van der Waals surface area contributed by atoms with Gasteiger partial charge in [0.25, 0.3) is 0 Å². The molecule has 0 aromatic heterocycles. The molecule has 0 aromatic rings. The quantitative estimate of drug-likeness (QED) is 0.336. The molecule has 100 valence electrons. The average Bonchev–Trinajstić information content (AvgIpc) is 2.36. The Morgan fingerprint density at radius 2 is 1.18 bits per heavy atom. The van der Waals surface area contributed by atoms with Gasteiger partial charge in [0.1, 0.15) is 0 Å². The molecule has 0 aliphatic heterocycles. The van der Waals surface area contributed by atoms with Crippen LogP contribution in [0.25, 0.3) is 0 Å². The van der Waals surface area contributed by atoms with Gasteiger partial charge >= 0.3 is 0 Å². The van der Waals surface area contributed by atoms with Gasteiger partial charge in [-0.25, -0.2) is 0 Å². The van der Waals surface area contributed by atoms with Crippen LogP contribution < -0.4 is 0 Å². The zero-order valence-electron chi connectivity index (χ0n) is 12.2. The summed E-state index contributed by atoms with van der Waals surface area (Å²) in [7, 11) is 0. The van der Waals surface area contributed by atoms with Gasteiger partial charge in [-0.15, -0.1) is 0 Å². The minimum Gasteiger partial charge on any atom is -0.467 e. The van der Waals surface area contributed by atoms with E-state index in [1.165, 1.54) is 25.7 Å². The first-order chi connectivity index (χ1) is 8.28. The standard InChI is InChI=1S/C16H30O/c1-5-9-11-13-15(7-3)17-16(8-4)14-12-10-6-2/h13-14H,5-12H2,1-4H3. The Bertz CT molecular complexity index is 202. The van der Waals surface area contributed by atoms with Crippen LogP contribution in [0.2, 0.25) is 0 Å². The normalized spacial score (nSPS) is 12.9. The van der Waals surface area contributed by atoms with Crippen LogP contribution in [0, 0.1) is 0 Å². The molecule has 0 fully saturated rings. The molecule has 0 atom stereocenters. The van der Waals surface area contributed by atoms with Gasteiger partial charge in [0.15, 0.2) is 0 Å². The molecule has 0 radical (unpaired) electrons. The average molecular weight is 238 g/mol. The van der Waals surface area contributed by atoms with E-state index in [4.69, 9.17) is 4.74 Å². The summed E-state index contributed by atoms with van der Waals surface area (Å²) in [5.74, 6) is 2.28. The second-order valence-corrected chi connectivity index (χ2v) is 4.43. The van der Waals surface area contributed by atoms with E-state index in [2.05, 4.69) is 39.8 Å². The topological polar surface area (TPSA) is 9.23 Å². The van der Waals surface area contributed by atoms with Crippen molar-refractivity contribution in [2.45, 2.75) is 79.1 Å². The number of allylic oxidation sites excluding steroid dienone is 4. The zero-order chi connectivity index (χ0) is 12.9. The Hall–Kier alpha value is -0.720. The van der Waals surface area contributed by atoms with Crippen molar-refractivity contribution in [1.29, 1.82) is 0 Å². The molecule has 0 spiro atoms. The van der Waals surface area contributed by atoms with Crippen LogP contribution >= 0.6 is 0 Å². The molecule has 0 aromatic carbocycles. The maximum atomic E-state index is 5.96. The first-order valence-corrected chi connectivity index (χ1v) is 7.34. The lowest BCUT2D eigenvalue weighted by molar-refractivity contribution is 0.279. The van der Waals surface area contributed by atoms with Crippen molar-refractivity contribution >= 4 is 0 Å². The highest BCUT2D eigenvalue weighted by atomic mass is 16.5. The lowest BCUT2D eigenvalue weighted by atomic mass is 10.2. The summed E-state index contributed by atoms with van der Waals surface area (Å²) in [4.78, 5) is 0. The van der Waals surface area contributed by atoms with E-state index in [0.717, 1.165) is 37.2 Å². The molecular weight excluding hydrogens is 208 g/mol. The third-order valence-electron chi connectivity index (χ3n) is 2.82. The van der Waals surface area contributed by atoms with Crippen LogP contribution in [-0.2, 0) is 4.74 Å². The summed E-state index contributed by atoms with van der Waals surface area (Å²) < 4.78 is 5.96. The highest BCUT2D eigenvalue weighted by molar-refractivity contribution is 5.01. The highest BCUT2D eigenvalue weighted by Gasteiger charge is 1.99. The van der Waals surface area contributed by atoms with Gasteiger partial charge < -0.3 is 4.74 Å². The van der Waals surface area contributed by atoms with Gasteiger partial charge in [0.05, 0.1) is 11.5 Å². The molecule has 0 aliphatic carbocycles. The summed E-state index contributed by atoms with van der Waals surface area (Å²) in [6.45, 7) is 8.78. The number of rotatable bonds is 10. The monoisotopic (exact) mass is 238 g/mol. The summed E-state index contributed by atoms with van der Waals surface area (Å²) in [6, 6.07) is 0. The van der Waals surface area contributed by atoms with E-state index < -0.39 is 0 Å². The molecule has 0 rings (SSSR count). The van der Waals surface area contributed by atoms with E-state index in [9.17, 15) is 0 Å². The van der Waals surface area contributed by atoms with Crippen molar-refractivity contribution in [3.05, 3.63) is 23.7 Å². The van der Waals surface area contributed by atoms with Gasteiger partial charge in [-0.1, -0.05) is 40.5 Å². The van der Waals surface area contributed by atoms with Crippen LogP contribution in [0.4, 0.5) is 0 Å². The van der Waals surface area contributed by atoms with Crippen LogP contribution in [-0.4, -0.2) is 0 Å². The molecule has 0 heterocycles. The van der Waals surface area contributed by atoms with Crippen molar-refractivity contribution in [2.75, 3.05) is 0 Å². The number of unbranched alkanes of at least 4 members (excludes halogenated alkanes) is 4. The molecular formula is C16H30O. The molecule has 0 N–H and O–H groups in total. The van der Waals surface area contributed by atoms with E-state index in [-0.39, 0.29) is 0 Å². The van der Waals surface area contributed by atoms with E-state index in [1.54, 1.807) is 0 Å². The Labute approximate surface area is 108 Å². The number of hydrogen-bond donors (Lipinski definition) is 0. The van der Waals surface area contributed by atoms with E-state index in [0.29, 0.717) is 0 Å². The molecule has 0 saturated carbocycles. The van der Waals surface area contributed by atoms with Gasteiger partial charge in [-0.05, 0) is 37.8 Å². The smallest absolute Gasteiger partial charge is 0.0993 e. The first-order valence-electron chi connectivity index (χ1n) is 7.34. The fourth-order valence-corrected chi connectivity index (χ4v) is 1.62. The van der Waals surface area contributed by atoms with E-state index in [1.807, 2.05) is 0 Å². The SMILES string of the molecule is CCCCC=C(CC)OC(=CCCCC)CC. The van der Waals surface area contributed by atoms with Crippen LogP contribution in [0.5, 0.6) is 0 Å². The van der Waals surface area contributed by atoms with Crippen molar-refractivity contribution < 1.29 is 4.74 Å². The minimum absolute atomic E-state index is 0.995. The first kappa shape index (κ1) is 16.3. The van der Waals surface area contributed by atoms with Crippen LogP contribution in [0.15, 0.2) is 23.7 Å². The number of hydrogen-bond acceptors (Lipinski definition) is 1. The Morgan fingerprint density at radius 1 is 0.765 bits per heavy atom. The maximum Gasteiger partial charge on any atom is 0.0993 e. The second kappa shape index (κ2) is 11.8. The Balaban J connectivity index is 4.20. The van der Waals surface area contributed by atoms with E-state index >= 15 is 0 Å². The largest absolute Gasteiger partial charge is 0.467 e. The Kier molecular flexibility index (Phi) is 11.3. The molecule has 1 nitrogen and oxygen atoms in total. The molecule has 17 heavy (non-hydrogen) atoms.